The molecule has 0 aliphatic carbocycles. The Labute approximate surface area is 177 Å². The maximum Gasteiger partial charge on any atom is 0.255 e. The standard InChI is InChI=1S/C25H26N2O3/c1-17-4-8-19(9-5-17)15-26-24(28)21-12-13-23(30-3)22(14-21)25(29)27-16-20-10-6-18(2)7-11-20/h4-14H,15-16H2,1-3H3,(H,26,28)(H,27,29). The van der Waals surface area contributed by atoms with Gasteiger partial charge in [-0.1, -0.05) is 59.7 Å². The number of rotatable bonds is 7. The molecule has 0 bridgehead atoms. The third-order valence-electron chi connectivity index (χ3n) is 4.85. The van der Waals surface area contributed by atoms with Crippen LogP contribution in [0, 0.1) is 13.8 Å². The summed E-state index contributed by atoms with van der Waals surface area (Å²) in [5.74, 6) is -0.113. The summed E-state index contributed by atoms with van der Waals surface area (Å²) in [4.78, 5) is 25.3. The van der Waals surface area contributed by atoms with Crippen LogP contribution >= 0.6 is 0 Å². The molecule has 3 aromatic rings. The number of hydrogen-bond donors (Lipinski definition) is 2. The molecule has 0 saturated heterocycles. The van der Waals surface area contributed by atoms with Gasteiger partial charge in [-0.15, -0.1) is 0 Å². The van der Waals surface area contributed by atoms with E-state index in [-0.39, 0.29) is 11.8 Å². The molecule has 0 spiro atoms. The third-order valence-corrected chi connectivity index (χ3v) is 4.85. The fraction of sp³-hybridized carbons (Fsp3) is 0.200. The molecular formula is C25H26N2O3. The van der Waals surface area contributed by atoms with Crippen LogP contribution in [0.4, 0.5) is 0 Å². The van der Waals surface area contributed by atoms with Crippen LogP contribution in [0.3, 0.4) is 0 Å². The van der Waals surface area contributed by atoms with Crippen molar-refractivity contribution in [2.24, 2.45) is 0 Å². The van der Waals surface area contributed by atoms with Gasteiger partial charge in [0.25, 0.3) is 11.8 Å². The van der Waals surface area contributed by atoms with Gasteiger partial charge in [-0.05, 0) is 43.2 Å². The van der Waals surface area contributed by atoms with Gasteiger partial charge in [0.1, 0.15) is 5.75 Å². The summed E-state index contributed by atoms with van der Waals surface area (Å²) in [6, 6.07) is 20.8. The summed E-state index contributed by atoms with van der Waals surface area (Å²) in [6.07, 6.45) is 0. The van der Waals surface area contributed by atoms with E-state index in [4.69, 9.17) is 4.74 Å². The SMILES string of the molecule is COc1ccc(C(=O)NCc2ccc(C)cc2)cc1C(=O)NCc1ccc(C)cc1. The molecule has 5 heteroatoms. The number of methoxy groups -OCH3 is 1. The van der Waals surface area contributed by atoms with E-state index in [1.54, 1.807) is 18.2 Å². The van der Waals surface area contributed by atoms with Gasteiger partial charge in [0.05, 0.1) is 12.7 Å². The molecule has 0 heterocycles. The van der Waals surface area contributed by atoms with Crippen molar-refractivity contribution in [1.82, 2.24) is 10.6 Å². The van der Waals surface area contributed by atoms with Gasteiger partial charge in [-0.2, -0.15) is 0 Å². The number of ether oxygens (including phenoxy) is 1. The highest BCUT2D eigenvalue weighted by Gasteiger charge is 2.16. The highest BCUT2D eigenvalue weighted by molar-refractivity contribution is 6.01. The van der Waals surface area contributed by atoms with Crippen molar-refractivity contribution in [1.29, 1.82) is 0 Å². The highest BCUT2D eigenvalue weighted by atomic mass is 16.5. The lowest BCUT2D eigenvalue weighted by Crippen LogP contribution is -2.26. The second-order valence-electron chi connectivity index (χ2n) is 7.25. The summed E-state index contributed by atoms with van der Waals surface area (Å²) in [7, 11) is 1.50. The van der Waals surface area contributed by atoms with Crippen molar-refractivity contribution < 1.29 is 14.3 Å². The minimum atomic E-state index is -0.291. The Morgan fingerprint density at radius 2 is 1.23 bits per heavy atom. The van der Waals surface area contributed by atoms with Gasteiger partial charge in [-0.25, -0.2) is 0 Å². The van der Waals surface area contributed by atoms with Crippen LogP contribution < -0.4 is 15.4 Å². The van der Waals surface area contributed by atoms with Crippen molar-refractivity contribution in [3.05, 3.63) is 100 Å². The molecule has 2 amide bonds. The number of carbonyl (C=O) groups is 2. The first-order valence-corrected chi connectivity index (χ1v) is 9.82. The predicted molar refractivity (Wildman–Crippen MR) is 118 cm³/mol. The minimum absolute atomic E-state index is 0.245. The van der Waals surface area contributed by atoms with Crippen LogP contribution in [0.1, 0.15) is 43.0 Å². The first-order valence-electron chi connectivity index (χ1n) is 9.82. The zero-order valence-electron chi connectivity index (χ0n) is 17.5. The van der Waals surface area contributed by atoms with Crippen LogP contribution in [-0.2, 0) is 13.1 Å². The lowest BCUT2D eigenvalue weighted by atomic mass is 10.1. The molecule has 5 nitrogen and oxygen atoms in total. The molecule has 154 valence electrons. The number of aryl methyl sites for hydroxylation is 2. The van der Waals surface area contributed by atoms with Crippen LogP contribution in [0.25, 0.3) is 0 Å². The molecule has 0 radical (unpaired) electrons. The van der Waals surface area contributed by atoms with Gasteiger partial charge in [-0.3, -0.25) is 9.59 Å². The number of hydrogen-bond acceptors (Lipinski definition) is 3. The van der Waals surface area contributed by atoms with E-state index in [1.807, 2.05) is 62.4 Å². The topological polar surface area (TPSA) is 67.4 Å². The maximum absolute atomic E-state index is 12.7. The highest BCUT2D eigenvalue weighted by Crippen LogP contribution is 2.20. The van der Waals surface area contributed by atoms with Crippen LogP contribution in [-0.4, -0.2) is 18.9 Å². The van der Waals surface area contributed by atoms with Crippen molar-refractivity contribution in [3.63, 3.8) is 0 Å². The Hall–Kier alpha value is -3.60. The fourth-order valence-electron chi connectivity index (χ4n) is 3.00. The molecule has 0 aromatic heterocycles. The van der Waals surface area contributed by atoms with Crippen molar-refractivity contribution in [2.75, 3.05) is 7.11 Å². The lowest BCUT2D eigenvalue weighted by molar-refractivity contribution is 0.0948. The Bertz CT molecular complexity index is 1030. The predicted octanol–water partition coefficient (Wildman–Crippen LogP) is 4.17. The van der Waals surface area contributed by atoms with E-state index in [0.717, 1.165) is 16.7 Å². The minimum Gasteiger partial charge on any atom is -0.496 e. The molecule has 3 rings (SSSR count). The first kappa shape index (κ1) is 21.1. The molecule has 30 heavy (non-hydrogen) atoms. The van der Waals surface area contributed by atoms with Gasteiger partial charge < -0.3 is 15.4 Å². The second kappa shape index (κ2) is 9.74. The van der Waals surface area contributed by atoms with E-state index < -0.39 is 0 Å². The van der Waals surface area contributed by atoms with Crippen LogP contribution in [0.15, 0.2) is 66.7 Å². The number of benzene rings is 3. The van der Waals surface area contributed by atoms with E-state index in [9.17, 15) is 9.59 Å². The van der Waals surface area contributed by atoms with E-state index in [0.29, 0.717) is 30.0 Å². The van der Waals surface area contributed by atoms with Crippen molar-refractivity contribution in [3.8, 4) is 5.75 Å². The normalized spacial score (nSPS) is 10.4. The zero-order chi connectivity index (χ0) is 21.5. The average molecular weight is 402 g/mol. The Kier molecular flexibility index (Phi) is 6.86. The molecule has 3 aromatic carbocycles. The van der Waals surface area contributed by atoms with Crippen LogP contribution in [0.5, 0.6) is 5.75 Å². The largest absolute Gasteiger partial charge is 0.496 e. The monoisotopic (exact) mass is 402 g/mol. The Balaban J connectivity index is 1.68. The van der Waals surface area contributed by atoms with E-state index in [2.05, 4.69) is 10.6 Å². The van der Waals surface area contributed by atoms with Crippen molar-refractivity contribution in [2.45, 2.75) is 26.9 Å². The molecular weight excluding hydrogens is 376 g/mol. The summed E-state index contributed by atoms with van der Waals surface area (Å²) in [6.45, 7) is 4.85. The molecule has 0 atom stereocenters. The Morgan fingerprint density at radius 1 is 0.733 bits per heavy atom. The first-order chi connectivity index (χ1) is 14.5. The zero-order valence-corrected chi connectivity index (χ0v) is 17.5. The van der Waals surface area contributed by atoms with E-state index >= 15 is 0 Å². The second-order valence-corrected chi connectivity index (χ2v) is 7.25. The van der Waals surface area contributed by atoms with Crippen molar-refractivity contribution >= 4 is 11.8 Å². The van der Waals surface area contributed by atoms with Crippen LogP contribution in [0.2, 0.25) is 0 Å². The molecule has 0 saturated carbocycles. The summed E-state index contributed by atoms with van der Waals surface area (Å²) < 4.78 is 5.32. The summed E-state index contributed by atoms with van der Waals surface area (Å²) >= 11 is 0. The lowest BCUT2D eigenvalue weighted by Gasteiger charge is -2.12. The van der Waals surface area contributed by atoms with Gasteiger partial charge >= 0.3 is 0 Å². The van der Waals surface area contributed by atoms with Gasteiger partial charge in [0, 0.05) is 18.7 Å². The Morgan fingerprint density at radius 3 is 1.73 bits per heavy atom. The van der Waals surface area contributed by atoms with E-state index in [1.165, 1.54) is 12.7 Å². The summed E-state index contributed by atoms with van der Waals surface area (Å²) in [5.41, 5.74) is 5.08. The molecule has 2 N–H and O–H groups in total. The number of amides is 2. The third kappa shape index (κ3) is 5.47. The maximum atomic E-state index is 12.7. The van der Waals surface area contributed by atoms with Gasteiger partial charge in [0.15, 0.2) is 0 Å². The fourth-order valence-corrected chi connectivity index (χ4v) is 3.00. The quantitative estimate of drug-likeness (QED) is 0.623. The number of carbonyl (C=O) groups excluding carboxylic acids is 2. The molecule has 0 fully saturated rings. The molecule has 0 unspecified atom stereocenters. The smallest absolute Gasteiger partial charge is 0.255 e. The summed E-state index contributed by atoms with van der Waals surface area (Å²) in [5, 5.41) is 5.78. The molecule has 0 aliphatic rings. The molecule has 0 aliphatic heterocycles. The number of nitrogens with one attached hydrogen (secondary N) is 2. The average Bonchev–Trinajstić information content (AvgIpc) is 2.77. The van der Waals surface area contributed by atoms with Gasteiger partial charge in [0.2, 0.25) is 0 Å².